The first kappa shape index (κ1) is 14.4. The molecule has 0 saturated carbocycles. The summed E-state index contributed by atoms with van der Waals surface area (Å²) in [6.07, 6.45) is -2.15. The fourth-order valence-electron chi connectivity index (χ4n) is 1.69. The predicted molar refractivity (Wildman–Crippen MR) is 63.8 cm³/mol. The van der Waals surface area contributed by atoms with Gasteiger partial charge in [0.25, 0.3) is 0 Å². The summed E-state index contributed by atoms with van der Waals surface area (Å²) in [6, 6.07) is 5.41. The second-order valence-corrected chi connectivity index (χ2v) is 3.94. The molecule has 1 aromatic rings. The minimum absolute atomic E-state index is 0.00347. The highest BCUT2D eigenvalue weighted by Gasteiger charge is 2.43. The van der Waals surface area contributed by atoms with E-state index in [1.807, 2.05) is 0 Å². The largest absolute Gasteiger partial charge is 0.508 e. The number of benzene rings is 1. The van der Waals surface area contributed by atoms with Crippen molar-refractivity contribution in [2.24, 2.45) is 0 Å². The molecule has 2 N–H and O–H groups in total. The van der Waals surface area contributed by atoms with Crippen LogP contribution in [0.1, 0.15) is 25.8 Å². The summed E-state index contributed by atoms with van der Waals surface area (Å²) in [5.41, 5.74) is -1.72. The van der Waals surface area contributed by atoms with Crippen molar-refractivity contribution < 1.29 is 24.1 Å². The van der Waals surface area contributed by atoms with E-state index >= 15 is 0 Å². The first-order chi connectivity index (χ1) is 8.45. The number of halogens is 1. The normalized spacial score (nSPS) is 15.8. The van der Waals surface area contributed by atoms with Crippen LogP contribution in [-0.4, -0.2) is 29.0 Å². The zero-order valence-corrected chi connectivity index (χ0v) is 10.4. The van der Waals surface area contributed by atoms with E-state index in [-0.39, 0.29) is 24.3 Å². The first-order valence-corrected chi connectivity index (χ1v) is 5.78. The van der Waals surface area contributed by atoms with Crippen LogP contribution in [0, 0.1) is 0 Å². The number of ether oxygens (including phenoxy) is 1. The standard InChI is InChI=1S/C13H17FO4/c1-3-13(17,11(14)12(16)18-4-2)9-5-7-10(15)8-6-9/h5-8,11,15,17H,3-4H2,1-2H3. The van der Waals surface area contributed by atoms with Gasteiger partial charge in [0.15, 0.2) is 0 Å². The SMILES string of the molecule is CCOC(=O)C(F)C(O)(CC)c1ccc(O)cc1. The van der Waals surface area contributed by atoms with Gasteiger partial charge in [-0.2, -0.15) is 0 Å². The van der Waals surface area contributed by atoms with Crippen LogP contribution >= 0.6 is 0 Å². The maximum Gasteiger partial charge on any atom is 0.344 e. The van der Waals surface area contributed by atoms with Gasteiger partial charge < -0.3 is 14.9 Å². The van der Waals surface area contributed by atoms with E-state index in [1.165, 1.54) is 24.3 Å². The van der Waals surface area contributed by atoms with E-state index in [4.69, 9.17) is 5.11 Å². The fraction of sp³-hybridized carbons (Fsp3) is 0.462. The average molecular weight is 256 g/mol. The highest BCUT2D eigenvalue weighted by atomic mass is 19.1. The number of hydrogen-bond acceptors (Lipinski definition) is 4. The van der Waals surface area contributed by atoms with Gasteiger partial charge in [-0.3, -0.25) is 0 Å². The van der Waals surface area contributed by atoms with Crippen LogP contribution in [0.2, 0.25) is 0 Å². The number of aliphatic hydroxyl groups is 1. The third kappa shape index (κ3) is 2.79. The lowest BCUT2D eigenvalue weighted by atomic mass is 9.86. The van der Waals surface area contributed by atoms with Gasteiger partial charge in [-0.15, -0.1) is 0 Å². The molecule has 18 heavy (non-hydrogen) atoms. The van der Waals surface area contributed by atoms with Gasteiger partial charge >= 0.3 is 5.97 Å². The van der Waals surface area contributed by atoms with Gasteiger partial charge in [-0.25, -0.2) is 9.18 Å². The van der Waals surface area contributed by atoms with E-state index in [1.54, 1.807) is 13.8 Å². The maximum absolute atomic E-state index is 14.0. The van der Waals surface area contributed by atoms with Gasteiger partial charge in [0.05, 0.1) is 6.61 Å². The van der Waals surface area contributed by atoms with Crippen LogP contribution in [0.5, 0.6) is 5.75 Å². The maximum atomic E-state index is 14.0. The third-order valence-electron chi connectivity index (χ3n) is 2.82. The monoisotopic (exact) mass is 256 g/mol. The molecule has 5 heteroatoms. The van der Waals surface area contributed by atoms with E-state index < -0.39 is 17.7 Å². The van der Waals surface area contributed by atoms with Gasteiger partial charge in [0, 0.05) is 0 Å². The summed E-state index contributed by atoms with van der Waals surface area (Å²) in [4.78, 5) is 11.4. The molecule has 0 spiro atoms. The molecule has 0 aliphatic carbocycles. The number of esters is 1. The molecular weight excluding hydrogens is 239 g/mol. The van der Waals surface area contributed by atoms with Crippen molar-refractivity contribution in [2.75, 3.05) is 6.61 Å². The van der Waals surface area contributed by atoms with E-state index in [2.05, 4.69) is 4.74 Å². The van der Waals surface area contributed by atoms with Crippen LogP contribution in [0.25, 0.3) is 0 Å². The van der Waals surface area contributed by atoms with Crippen molar-refractivity contribution >= 4 is 5.97 Å². The average Bonchev–Trinajstić information content (AvgIpc) is 2.38. The van der Waals surface area contributed by atoms with Crippen molar-refractivity contribution in [2.45, 2.75) is 32.0 Å². The molecular formula is C13H17FO4. The lowest BCUT2D eigenvalue weighted by molar-refractivity contribution is -0.162. The van der Waals surface area contributed by atoms with Crippen molar-refractivity contribution in [1.82, 2.24) is 0 Å². The minimum Gasteiger partial charge on any atom is -0.508 e. The number of carbonyl (C=O) groups is 1. The summed E-state index contributed by atoms with van der Waals surface area (Å²) in [6.45, 7) is 3.18. The Morgan fingerprint density at radius 1 is 1.39 bits per heavy atom. The predicted octanol–water partition coefficient (Wildman–Crippen LogP) is 1.89. The molecule has 0 aliphatic rings. The van der Waals surface area contributed by atoms with Crippen LogP contribution in [0.4, 0.5) is 4.39 Å². The van der Waals surface area contributed by atoms with Crippen molar-refractivity contribution in [3.8, 4) is 5.75 Å². The molecule has 100 valence electrons. The Balaban J connectivity index is 3.04. The number of phenols is 1. The lowest BCUT2D eigenvalue weighted by Gasteiger charge is -2.29. The van der Waals surface area contributed by atoms with Crippen molar-refractivity contribution in [3.05, 3.63) is 29.8 Å². The second-order valence-electron chi connectivity index (χ2n) is 3.94. The molecule has 4 nitrogen and oxygen atoms in total. The van der Waals surface area contributed by atoms with E-state index in [9.17, 15) is 14.3 Å². The number of carbonyl (C=O) groups excluding carboxylic acids is 1. The highest BCUT2D eigenvalue weighted by Crippen LogP contribution is 2.32. The Kier molecular flexibility index (Phi) is 4.67. The second kappa shape index (κ2) is 5.82. The molecule has 0 heterocycles. The van der Waals surface area contributed by atoms with Crippen LogP contribution in [0.3, 0.4) is 0 Å². The highest BCUT2D eigenvalue weighted by molar-refractivity contribution is 5.76. The van der Waals surface area contributed by atoms with Crippen LogP contribution in [-0.2, 0) is 15.1 Å². The molecule has 0 aliphatic heterocycles. The summed E-state index contributed by atoms with van der Waals surface area (Å²) in [7, 11) is 0. The number of alkyl halides is 1. The smallest absolute Gasteiger partial charge is 0.344 e. The number of aromatic hydroxyl groups is 1. The minimum atomic E-state index is -2.16. The van der Waals surface area contributed by atoms with E-state index in [0.29, 0.717) is 0 Å². The molecule has 0 fully saturated rings. The molecule has 0 radical (unpaired) electrons. The van der Waals surface area contributed by atoms with Gasteiger partial charge in [-0.1, -0.05) is 19.1 Å². The topological polar surface area (TPSA) is 66.8 Å². The Morgan fingerprint density at radius 2 is 1.94 bits per heavy atom. The molecule has 0 amide bonds. The molecule has 0 aromatic heterocycles. The summed E-state index contributed by atoms with van der Waals surface area (Å²) < 4.78 is 18.6. The Morgan fingerprint density at radius 3 is 2.39 bits per heavy atom. The van der Waals surface area contributed by atoms with E-state index in [0.717, 1.165) is 0 Å². The Hall–Kier alpha value is -1.62. The lowest BCUT2D eigenvalue weighted by Crippen LogP contribution is -2.42. The molecule has 0 bridgehead atoms. The van der Waals surface area contributed by atoms with Gasteiger partial charge in [0.2, 0.25) is 6.17 Å². The first-order valence-electron chi connectivity index (χ1n) is 5.78. The van der Waals surface area contributed by atoms with Crippen molar-refractivity contribution in [1.29, 1.82) is 0 Å². The quantitative estimate of drug-likeness (QED) is 0.789. The van der Waals surface area contributed by atoms with Crippen LogP contribution < -0.4 is 0 Å². The molecule has 1 aromatic carbocycles. The Labute approximate surface area is 105 Å². The van der Waals surface area contributed by atoms with Gasteiger partial charge in [0.1, 0.15) is 11.4 Å². The number of hydrogen-bond donors (Lipinski definition) is 2. The van der Waals surface area contributed by atoms with Gasteiger partial charge in [-0.05, 0) is 31.0 Å². The molecule has 2 atom stereocenters. The summed E-state index contributed by atoms with van der Waals surface area (Å²) in [5, 5.41) is 19.5. The zero-order chi connectivity index (χ0) is 13.8. The molecule has 1 rings (SSSR count). The Bertz CT molecular complexity index is 404. The fourth-order valence-corrected chi connectivity index (χ4v) is 1.69. The van der Waals surface area contributed by atoms with Crippen LogP contribution in [0.15, 0.2) is 24.3 Å². The number of phenolic OH excluding ortho intramolecular Hbond substituents is 1. The molecule has 0 saturated heterocycles. The zero-order valence-electron chi connectivity index (χ0n) is 10.4. The van der Waals surface area contributed by atoms with Crippen molar-refractivity contribution in [3.63, 3.8) is 0 Å². The third-order valence-corrected chi connectivity index (χ3v) is 2.82. The summed E-state index contributed by atoms with van der Waals surface area (Å²) in [5.74, 6) is -1.08. The molecule has 2 unspecified atom stereocenters. The summed E-state index contributed by atoms with van der Waals surface area (Å²) >= 11 is 0. The number of rotatable bonds is 5.